The summed E-state index contributed by atoms with van der Waals surface area (Å²) in [7, 11) is -3.55. The Kier molecular flexibility index (Phi) is 6.19. The van der Waals surface area contributed by atoms with Crippen LogP contribution >= 0.6 is 23.1 Å². The second-order valence-electron chi connectivity index (χ2n) is 7.38. The number of hydrogen-bond donors (Lipinski definition) is 1. The lowest BCUT2D eigenvalue weighted by Gasteiger charge is -2.25. The number of amides is 2. The number of rotatable bonds is 6. The summed E-state index contributed by atoms with van der Waals surface area (Å²) >= 11 is 2.51. The van der Waals surface area contributed by atoms with Gasteiger partial charge in [0.15, 0.2) is 0 Å². The minimum atomic E-state index is -3.55. The second kappa shape index (κ2) is 8.70. The first-order chi connectivity index (χ1) is 14.3. The highest BCUT2D eigenvalue weighted by molar-refractivity contribution is 8.02. The molecule has 2 aliphatic rings. The predicted molar refractivity (Wildman–Crippen MR) is 118 cm³/mol. The monoisotopic (exact) mass is 465 g/mol. The van der Waals surface area contributed by atoms with Crippen molar-refractivity contribution >= 4 is 50.6 Å². The average molecular weight is 466 g/mol. The van der Waals surface area contributed by atoms with Crippen LogP contribution in [0.4, 0.5) is 5.69 Å². The van der Waals surface area contributed by atoms with Crippen molar-refractivity contribution in [2.75, 3.05) is 30.3 Å². The Morgan fingerprint density at radius 1 is 1.20 bits per heavy atom. The zero-order chi connectivity index (χ0) is 21.3. The number of anilines is 1. The molecule has 0 aliphatic carbocycles. The number of carbonyl (C=O) groups is 2. The van der Waals surface area contributed by atoms with Crippen molar-refractivity contribution in [3.05, 3.63) is 41.5 Å². The van der Waals surface area contributed by atoms with Crippen molar-refractivity contribution in [1.29, 1.82) is 0 Å². The molecular weight excluding hydrogens is 442 g/mol. The van der Waals surface area contributed by atoms with E-state index in [9.17, 15) is 18.0 Å². The Hall–Kier alpha value is -1.88. The topological polar surface area (TPSA) is 86.8 Å². The molecule has 1 aromatic heterocycles. The van der Waals surface area contributed by atoms with Crippen LogP contribution in [0.3, 0.4) is 0 Å². The van der Waals surface area contributed by atoms with Crippen LogP contribution in [0.5, 0.6) is 0 Å². The average Bonchev–Trinajstić information content (AvgIpc) is 3.39. The summed E-state index contributed by atoms with van der Waals surface area (Å²) in [5, 5.41) is 2.84. The number of aryl methyl sites for hydroxylation is 1. The number of fused-ring (bicyclic) bond motifs is 1. The van der Waals surface area contributed by atoms with Crippen LogP contribution in [0.25, 0.3) is 0 Å². The van der Waals surface area contributed by atoms with Crippen molar-refractivity contribution in [3.8, 4) is 0 Å². The van der Waals surface area contributed by atoms with E-state index in [0.29, 0.717) is 25.3 Å². The van der Waals surface area contributed by atoms with E-state index in [1.54, 1.807) is 6.07 Å². The number of carbonyl (C=O) groups excluding carboxylic acids is 2. The molecule has 30 heavy (non-hydrogen) atoms. The van der Waals surface area contributed by atoms with Gasteiger partial charge in [-0.25, -0.2) is 8.42 Å². The van der Waals surface area contributed by atoms with Crippen molar-refractivity contribution in [2.45, 2.75) is 34.7 Å². The molecule has 1 N–H and O–H groups in total. The molecular formula is C20H23N3O4S3. The molecule has 3 heterocycles. The van der Waals surface area contributed by atoms with Crippen LogP contribution in [0, 0.1) is 6.92 Å². The molecule has 1 aromatic carbocycles. The van der Waals surface area contributed by atoms with Gasteiger partial charge >= 0.3 is 0 Å². The van der Waals surface area contributed by atoms with Crippen molar-refractivity contribution in [3.63, 3.8) is 0 Å². The summed E-state index contributed by atoms with van der Waals surface area (Å²) in [6.07, 6.45) is 1.73. The van der Waals surface area contributed by atoms with Crippen molar-refractivity contribution < 1.29 is 18.0 Å². The molecule has 0 atom stereocenters. The number of nitrogens with one attached hydrogen (secondary N) is 1. The zero-order valence-electron chi connectivity index (χ0n) is 16.6. The largest absolute Gasteiger partial charge is 0.350 e. The van der Waals surface area contributed by atoms with Gasteiger partial charge in [-0.05, 0) is 31.4 Å². The first kappa shape index (κ1) is 21.4. The number of nitrogens with zero attached hydrogens (tertiary/aromatic N) is 2. The standard InChI is InChI=1S/C20H23N3O4S3/c1-14-5-4-6-15(9-14)11-21-17(24)12-23-16-10-19(29-20(16)28-13-18(23)25)30(26,27)22-7-2-3-8-22/h4-6,9-10H,2-3,7-8,11-13H2,1H3,(H,21,24). The van der Waals surface area contributed by atoms with Gasteiger partial charge in [0, 0.05) is 19.6 Å². The fourth-order valence-corrected chi connectivity index (χ4v) is 7.99. The van der Waals surface area contributed by atoms with Crippen LogP contribution in [-0.4, -0.2) is 49.9 Å². The number of benzene rings is 1. The van der Waals surface area contributed by atoms with Gasteiger partial charge in [-0.2, -0.15) is 4.31 Å². The summed E-state index contributed by atoms with van der Waals surface area (Å²) in [6.45, 7) is 3.30. The van der Waals surface area contributed by atoms with Crippen molar-refractivity contribution in [2.24, 2.45) is 0 Å². The van der Waals surface area contributed by atoms with Gasteiger partial charge in [0.25, 0.3) is 10.0 Å². The van der Waals surface area contributed by atoms with Crippen molar-refractivity contribution in [1.82, 2.24) is 9.62 Å². The molecule has 1 fully saturated rings. The third kappa shape index (κ3) is 4.41. The van der Waals surface area contributed by atoms with E-state index in [1.807, 2.05) is 31.2 Å². The van der Waals surface area contributed by atoms with E-state index >= 15 is 0 Å². The highest BCUT2D eigenvalue weighted by atomic mass is 32.3. The molecule has 2 aromatic rings. The summed E-state index contributed by atoms with van der Waals surface area (Å²) in [5.74, 6) is -0.277. The van der Waals surface area contributed by atoms with Crippen LogP contribution in [-0.2, 0) is 26.2 Å². The van der Waals surface area contributed by atoms with Crippen LogP contribution in [0.1, 0.15) is 24.0 Å². The molecule has 1 saturated heterocycles. The summed E-state index contributed by atoms with van der Waals surface area (Å²) in [5.41, 5.74) is 2.61. The molecule has 0 radical (unpaired) electrons. The quantitative estimate of drug-likeness (QED) is 0.709. The summed E-state index contributed by atoms with van der Waals surface area (Å²) in [4.78, 5) is 26.4. The summed E-state index contributed by atoms with van der Waals surface area (Å²) in [6, 6.07) is 9.40. The second-order valence-corrected chi connectivity index (χ2v) is 11.8. The molecule has 0 unspecified atom stereocenters. The number of hydrogen-bond acceptors (Lipinski definition) is 6. The fourth-order valence-electron chi connectivity index (χ4n) is 3.55. The molecule has 2 amide bonds. The van der Waals surface area contributed by atoms with Crippen LogP contribution < -0.4 is 10.2 Å². The molecule has 0 spiro atoms. The number of thiophene rings is 1. The van der Waals surface area contributed by atoms with Gasteiger partial charge < -0.3 is 10.2 Å². The highest BCUT2D eigenvalue weighted by Gasteiger charge is 2.34. The van der Waals surface area contributed by atoms with E-state index in [1.165, 1.54) is 32.3 Å². The Balaban J connectivity index is 1.49. The Labute approximate surface area is 184 Å². The first-order valence-electron chi connectivity index (χ1n) is 9.74. The van der Waals surface area contributed by atoms with Gasteiger partial charge in [-0.3, -0.25) is 9.59 Å². The third-order valence-electron chi connectivity index (χ3n) is 5.11. The number of thioether (sulfide) groups is 1. The fraction of sp³-hybridized carbons (Fsp3) is 0.400. The van der Waals surface area contributed by atoms with Gasteiger partial charge in [-0.15, -0.1) is 23.1 Å². The minimum Gasteiger partial charge on any atom is -0.350 e. The molecule has 4 rings (SSSR count). The molecule has 0 bridgehead atoms. The normalized spacial score (nSPS) is 17.2. The summed E-state index contributed by atoms with van der Waals surface area (Å²) < 4.78 is 28.3. The van der Waals surface area contributed by atoms with Gasteiger partial charge in [0.2, 0.25) is 11.8 Å². The zero-order valence-corrected chi connectivity index (χ0v) is 19.0. The molecule has 7 nitrogen and oxygen atoms in total. The Morgan fingerprint density at radius 2 is 1.97 bits per heavy atom. The third-order valence-corrected chi connectivity index (χ3v) is 9.84. The smallest absolute Gasteiger partial charge is 0.252 e. The highest BCUT2D eigenvalue weighted by Crippen LogP contribution is 2.44. The minimum absolute atomic E-state index is 0.127. The molecule has 0 saturated carbocycles. The maximum absolute atomic E-state index is 12.9. The SMILES string of the molecule is Cc1cccc(CNC(=O)CN2C(=O)CSc3sc(S(=O)(=O)N4CCCC4)cc32)c1. The van der Waals surface area contributed by atoms with Crippen LogP contribution in [0.2, 0.25) is 0 Å². The lowest BCUT2D eigenvalue weighted by molar-refractivity contribution is -0.123. The maximum Gasteiger partial charge on any atom is 0.252 e. The van der Waals surface area contributed by atoms with E-state index in [4.69, 9.17) is 0 Å². The van der Waals surface area contributed by atoms with Gasteiger partial charge in [-0.1, -0.05) is 29.8 Å². The lowest BCUT2D eigenvalue weighted by Crippen LogP contribution is -2.42. The molecule has 10 heteroatoms. The van der Waals surface area contributed by atoms with E-state index < -0.39 is 10.0 Å². The van der Waals surface area contributed by atoms with E-state index in [2.05, 4.69) is 5.32 Å². The Morgan fingerprint density at radius 3 is 2.70 bits per heavy atom. The van der Waals surface area contributed by atoms with E-state index in [-0.39, 0.29) is 28.3 Å². The maximum atomic E-state index is 12.9. The molecule has 160 valence electrons. The lowest BCUT2D eigenvalue weighted by atomic mass is 10.1. The van der Waals surface area contributed by atoms with Gasteiger partial charge in [0.05, 0.1) is 15.6 Å². The predicted octanol–water partition coefficient (Wildman–Crippen LogP) is 2.60. The van der Waals surface area contributed by atoms with E-state index in [0.717, 1.165) is 28.2 Å². The van der Waals surface area contributed by atoms with Crippen LogP contribution in [0.15, 0.2) is 38.8 Å². The molecule has 2 aliphatic heterocycles. The Bertz CT molecular complexity index is 1070. The first-order valence-corrected chi connectivity index (χ1v) is 13.0. The number of sulfonamides is 1. The van der Waals surface area contributed by atoms with Gasteiger partial charge in [0.1, 0.15) is 10.8 Å².